The Morgan fingerprint density at radius 1 is 1.44 bits per heavy atom. The van der Waals surface area contributed by atoms with E-state index in [0.717, 1.165) is 12.0 Å². The van der Waals surface area contributed by atoms with Gasteiger partial charge in [0.1, 0.15) is 11.6 Å². The zero-order chi connectivity index (χ0) is 13.8. The smallest absolute Gasteiger partial charge is 0.123 e. The fourth-order valence-corrected chi connectivity index (χ4v) is 1.98. The summed E-state index contributed by atoms with van der Waals surface area (Å²) in [6.07, 6.45) is 0.819. The van der Waals surface area contributed by atoms with E-state index in [1.54, 1.807) is 13.2 Å². The Labute approximate surface area is 109 Å². The van der Waals surface area contributed by atoms with Gasteiger partial charge in [0.05, 0.1) is 7.11 Å². The van der Waals surface area contributed by atoms with E-state index in [9.17, 15) is 4.39 Å². The molecule has 1 aromatic carbocycles. The van der Waals surface area contributed by atoms with E-state index in [1.807, 2.05) is 7.05 Å². The van der Waals surface area contributed by atoms with Crippen LogP contribution in [-0.4, -0.2) is 20.7 Å². The second-order valence-electron chi connectivity index (χ2n) is 5.30. The molecule has 1 atom stereocenters. The van der Waals surface area contributed by atoms with Gasteiger partial charge in [0.2, 0.25) is 0 Å². The second kappa shape index (κ2) is 6.16. The summed E-state index contributed by atoms with van der Waals surface area (Å²) in [6, 6.07) is 4.61. The van der Waals surface area contributed by atoms with Crippen LogP contribution in [0.25, 0.3) is 0 Å². The molecule has 0 heterocycles. The highest BCUT2D eigenvalue weighted by Gasteiger charge is 2.24. The standard InChI is InChI=1S/C14H23FN2O/c1-14(2,9-16)8-12(17-3)11-7-10(15)5-6-13(11)18-4/h5-7,12,17H,8-9,16H2,1-4H3. The topological polar surface area (TPSA) is 47.3 Å². The fourth-order valence-electron chi connectivity index (χ4n) is 1.98. The van der Waals surface area contributed by atoms with Gasteiger partial charge in [-0.05, 0) is 43.6 Å². The third kappa shape index (κ3) is 3.68. The average Bonchev–Trinajstić information content (AvgIpc) is 2.36. The first-order chi connectivity index (χ1) is 8.43. The van der Waals surface area contributed by atoms with Crippen LogP contribution in [0.15, 0.2) is 18.2 Å². The van der Waals surface area contributed by atoms with Crippen LogP contribution in [0.5, 0.6) is 5.75 Å². The minimum Gasteiger partial charge on any atom is -0.496 e. The van der Waals surface area contributed by atoms with E-state index in [2.05, 4.69) is 19.2 Å². The first-order valence-corrected chi connectivity index (χ1v) is 6.14. The Kier molecular flexibility index (Phi) is 5.11. The van der Waals surface area contributed by atoms with Crippen molar-refractivity contribution in [3.63, 3.8) is 0 Å². The zero-order valence-electron chi connectivity index (χ0n) is 11.6. The maximum absolute atomic E-state index is 13.4. The molecular formula is C14H23FN2O. The largest absolute Gasteiger partial charge is 0.496 e. The molecule has 0 aromatic heterocycles. The van der Waals surface area contributed by atoms with Crippen LogP contribution in [0.4, 0.5) is 4.39 Å². The summed E-state index contributed by atoms with van der Waals surface area (Å²) in [6.45, 7) is 4.79. The van der Waals surface area contributed by atoms with Gasteiger partial charge in [0.15, 0.2) is 0 Å². The maximum atomic E-state index is 13.4. The summed E-state index contributed by atoms with van der Waals surface area (Å²) in [4.78, 5) is 0. The lowest BCUT2D eigenvalue weighted by Gasteiger charge is -2.29. The Hall–Kier alpha value is -1.13. The SMILES string of the molecule is CNC(CC(C)(C)CN)c1cc(F)ccc1OC. The molecule has 1 rings (SSSR count). The highest BCUT2D eigenvalue weighted by molar-refractivity contribution is 5.36. The van der Waals surface area contributed by atoms with Gasteiger partial charge in [0, 0.05) is 11.6 Å². The maximum Gasteiger partial charge on any atom is 0.123 e. The Bertz CT molecular complexity index is 393. The molecule has 1 aromatic rings. The van der Waals surface area contributed by atoms with E-state index in [0.29, 0.717) is 12.3 Å². The van der Waals surface area contributed by atoms with E-state index in [1.165, 1.54) is 12.1 Å². The van der Waals surface area contributed by atoms with Gasteiger partial charge >= 0.3 is 0 Å². The number of methoxy groups -OCH3 is 1. The molecule has 0 bridgehead atoms. The van der Waals surface area contributed by atoms with Crippen molar-refractivity contribution in [1.82, 2.24) is 5.32 Å². The molecule has 102 valence electrons. The van der Waals surface area contributed by atoms with Crippen LogP contribution >= 0.6 is 0 Å². The molecule has 0 fully saturated rings. The van der Waals surface area contributed by atoms with E-state index < -0.39 is 0 Å². The molecule has 18 heavy (non-hydrogen) atoms. The molecule has 0 radical (unpaired) electrons. The van der Waals surface area contributed by atoms with E-state index >= 15 is 0 Å². The van der Waals surface area contributed by atoms with E-state index in [-0.39, 0.29) is 17.3 Å². The van der Waals surface area contributed by atoms with Gasteiger partial charge in [0.25, 0.3) is 0 Å². The van der Waals surface area contributed by atoms with Gasteiger partial charge in [-0.1, -0.05) is 13.8 Å². The van der Waals surface area contributed by atoms with Crippen LogP contribution in [0.1, 0.15) is 31.9 Å². The molecule has 4 heteroatoms. The number of ether oxygens (including phenoxy) is 1. The molecule has 1 unspecified atom stereocenters. The monoisotopic (exact) mass is 254 g/mol. The number of rotatable bonds is 6. The lowest BCUT2D eigenvalue weighted by Crippen LogP contribution is -2.30. The van der Waals surface area contributed by atoms with Crippen LogP contribution in [0, 0.1) is 11.2 Å². The molecule has 0 amide bonds. The second-order valence-corrected chi connectivity index (χ2v) is 5.30. The molecule has 0 aliphatic heterocycles. The number of hydrogen-bond donors (Lipinski definition) is 2. The van der Waals surface area contributed by atoms with Gasteiger partial charge in [-0.25, -0.2) is 4.39 Å². The lowest BCUT2D eigenvalue weighted by atomic mass is 9.83. The highest BCUT2D eigenvalue weighted by atomic mass is 19.1. The quantitative estimate of drug-likeness (QED) is 0.820. The summed E-state index contributed by atoms with van der Waals surface area (Å²) in [5, 5.41) is 3.21. The van der Waals surface area contributed by atoms with Crippen LogP contribution < -0.4 is 15.8 Å². The summed E-state index contributed by atoms with van der Waals surface area (Å²) in [5.74, 6) is 0.445. The van der Waals surface area contributed by atoms with Crippen molar-refractivity contribution < 1.29 is 9.13 Å². The first-order valence-electron chi connectivity index (χ1n) is 6.14. The number of nitrogens with one attached hydrogen (secondary N) is 1. The summed E-state index contributed by atoms with van der Waals surface area (Å²) < 4.78 is 18.7. The molecule has 0 saturated heterocycles. The molecule has 0 aliphatic rings. The third-order valence-electron chi connectivity index (χ3n) is 3.22. The van der Waals surface area contributed by atoms with Crippen molar-refractivity contribution >= 4 is 0 Å². The first kappa shape index (κ1) is 14.9. The van der Waals surface area contributed by atoms with Gasteiger partial charge in [-0.3, -0.25) is 0 Å². The predicted molar refractivity (Wildman–Crippen MR) is 72.2 cm³/mol. The molecule has 0 aliphatic carbocycles. The lowest BCUT2D eigenvalue weighted by molar-refractivity contribution is 0.293. The van der Waals surface area contributed by atoms with Crippen molar-refractivity contribution in [2.75, 3.05) is 20.7 Å². The van der Waals surface area contributed by atoms with Crippen molar-refractivity contribution in [2.45, 2.75) is 26.3 Å². The highest BCUT2D eigenvalue weighted by Crippen LogP contribution is 2.33. The molecule has 3 N–H and O–H groups in total. The Balaban J connectivity index is 3.04. The van der Waals surface area contributed by atoms with Crippen molar-refractivity contribution in [1.29, 1.82) is 0 Å². The predicted octanol–water partition coefficient (Wildman–Crippen LogP) is 2.47. The number of benzene rings is 1. The number of nitrogens with two attached hydrogens (primary N) is 1. The molecule has 0 saturated carbocycles. The molecule has 0 spiro atoms. The van der Waals surface area contributed by atoms with Gasteiger partial charge in [-0.15, -0.1) is 0 Å². The van der Waals surface area contributed by atoms with Gasteiger partial charge < -0.3 is 15.8 Å². The average molecular weight is 254 g/mol. The van der Waals surface area contributed by atoms with Crippen molar-refractivity contribution in [2.24, 2.45) is 11.1 Å². The summed E-state index contributed by atoms with van der Waals surface area (Å²) in [5.41, 5.74) is 6.58. The minimum absolute atomic E-state index is 0.00892. The van der Waals surface area contributed by atoms with Gasteiger partial charge in [-0.2, -0.15) is 0 Å². The van der Waals surface area contributed by atoms with Crippen LogP contribution in [0.3, 0.4) is 0 Å². The molecule has 3 nitrogen and oxygen atoms in total. The van der Waals surface area contributed by atoms with E-state index in [4.69, 9.17) is 10.5 Å². The summed E-state index contributed by atoms with van der Waals surface area (Å²) >= 11 is 0. The Morgan fingerprint density at radius 2 is 2.11 bits per heavy atom. The van der Waals surface area contributed by atoms with Crippen LogP contribution in [-0.2, 0) is 0 Å². The zero-order valence-corrected chi connectivity index (χ0v) is 11.6. The fraction of sp³-hybridized carbons (Fsp3) is 0.571. The van der Waals surface area contributed by atoms with Crippen LogP contribution in [0.2, 0.25) is 0 Å². The van der Waals surface area contributed by atoms with Crippen molar-refractivity contribution in [3.8, 4) is 5.75 Å². The number of halogens is 1. The molecular weight excluding hydrogens is 231 g/mol. The Morgan fingerprint density at radius 3 is 2.61 bits per heavy atom. The number of hydrogen-bond acceptors (Lipinski definition) is 3. The normalized spacial score (nSPS) is 13.4. The minimum atomic E-state index is -0.253. The third-order valence-corrected chi connectivity index (χ3v) is 3.22. The van der Waals surface area contributed by atoms with Crippen molar-refractivity contribution in [3.05, 3.63) is 29.6 Å². The summed E-state index contributed by atoms with van der Waals surface area (Å²) in [7, 11) is 3.46.